The van der Waals surface area contributed by atoms with E-state index in [1.54, 1.807) is 0 Å². The summed E-state index contributed by atoms with van der Waals surface area (Å²) in [5, 5.41) is 0. The molecule has 1 rings (SSSR count). The van der Waals surface area contributed by atoms with Crippen molar-refractivity contribution in [2.24, 2.45) is 23.5 Å². The van der Waals surface area contributed by atoms with E-state index in [0.29, 0.717) is 37.8 Å². The Labute approximate surface area is 145 Å². The molecule has 0 aliphatic heterocycles. The van der Waals surface area contributed by atoms with Crippen LogP contribution >= 0.6 is 0 Å². The number of ketones is 2. The van der Waals surface area contributed by atoms with Crippen LogP contribution in [0, 0.1) is 17.8 Å². The van der Waals surface area contributed by atoms with Crippen LogP contribution in [0.15, 0.2) is 11.8 Å². The molecule has 1 saturated carbocycles. The molecule has 0 spiro atoms. The fourth-order valence-electron chi connectivity index (χ4n) is 3.57. The third kappa shape index (κ3) is 6.10. The minimum atomic E-state index is -0.264. The second kappa shape index (κ2) is 10.3. The second-order valence-electron chi connectivity index (χ2n) is 6.82. The summed E-state index contributed by atoms with van der Waals surface area (Å²) in [6.07, 6.45) is 7.04. The number of hydrogen-bond donors (Lipinski definition) is 1. The van der Waals surface area contributed by atoms with Crippen LogP contribution in [0.5, 0.6) is 0 Å². The summed E-state index contributed by atoms with van der Waals surface area (Å²) >= 11 is 0. The lowest BCUT2D eigenvalue weighted by molar-refractivity contribution is -0.141. The highest BCUT2D eigenvalue weighted by Gasteiger charge is 2.41. The molecule has 3 atom stereocenters. The molecule has 0 heterocycles. The van der Waals surface area contributed by atoms with Gasteiger partial charge in [-0.25, -0.2) is 0 Å². The third-order valence-electron chi connectivity index (χ3n) is 4.85. The van der Waals surface area contributed by atoms with Gasteiger partial charge in [-0.2, -0.15) is 0 Å². The van der Waals surface area contributed by atoms with Crippen LogP contribution in [-0.4, -0.2) is 24.6 Å². The molecule has 1 aliphatic rings. The summed E-state index contributed by atoms with van der Waals surface area (Å²) < 4.78 is 4.63. The van der Waals surface area contributed by atoms with E-state index in [4.69, 9.17) is 5.73 Å². The van der Waals surface area contributed by atoms with Crippen LogP contribution in [0.3, 0.4) is 0 Å². The highest BCUT2D eigenvalue weighted by molar-refractivity contribution is 5.91. The van der Waals surface area contributed by atoms with Gasteiger partial charge >= 0.3 is 5.97 Å². The topological polar surface area (TPSA) is 86.5 Å². The molecule has 24 heavy (non-hydrogen) atoms. The van der Waals surface area contributed by atoms with Crippen molar-refractivity contribution < 1.29 is 19.1 Å². The minimum absolute atomic E-state index is 0.0424. The lowest BCUT2D eigenvalue weighted by Crippen LogP contribution is -2.24. The Bertz CT molecular complexity index is 484. The smallest absolute Gasteiger partial charge is 0.305 e. The van der Waals surface area contributed by atoms with Crippen molar-refractivity contribution in [3.8, 4) is 0 Å². The van der Waals surface area contributed by atoms with E-state index in [9.17, 15) is 14.4 Å². The molecule has 1 aliphatic carbocycles. The van der Waals surface area contributed by atoms with Crippen LogP contribution in [0.25, 0.3) is 0 Å². The molecule has 0 bridgehead atoms. The van der Waals surface area contributed by atoms with Crippen molar-refractivity contribution >= 4 is 17.5 Å². The number of hydrogen-bond acceptors (Lipinski definition) is 5. The molecule has 2 N–H and O–H groups in total. The predicted molar refractivity (Wildman–Crippen MR) is 93.1 cm³/mol. The van der Waals surface area contributed by atoms with Crippen molar-refractivity contribution in [1.29, 1.82) is 0 Å². The summed E-state index contributed by atoms with van der Waals surface area (Å²) in [6, 6.07) is 0. The number of carbonyl (C=O) groups is 3. The number of unbranched alkanes of at least 4 members (excludes halogenated alkanes) is 2. The van der Waals surface area contributed by atoms with Gasteiger partial charge in [-0.15, -0.1) is 0 Å². The number of carbonyl (C=O) groups excluding carboxylic acids is 3. The summed E-state index contributed by atoms with van der Waals surface area (Å²) in [7, 11) is 1.36. The maximum atomic E-state index is 12.3. The first kappa shape index (κ1) is 20.4. The fraction of sp³-hybridized carbons (Fsp3) is 0.737. The Balaban J connectivity index is 2.67. The Morgan fingerprint density at radius 3 is 2.58 bits per heavy atom. The molecule has 0 saturated heterocycles. The molecule has 5 heteroatoms. The van der Waals surface area contributed by atoms with Crippen molar-refractivity contribution in [3.63, 3.8) is 0 Å². The average molecular weight is 337 g/mol. The van der Waals surface area contributed by atoms with Gasteiger partial charge in [0.05, 0.1) is 7.11 Å². The van der Waals surface area contributed by atoms with Gasteiger partial charge in [-0.05, 0) is 25.2 Å². The van der Waals surface area contributed by atoms with E-state index < -0.39 is 0 Å². The maximum Gasteiger partial charge on any atom is 0.305 e. The second-order valence-corrected chi connectivity index (χ2v) is 6.82. The van der Waals surface area contributed by atoms with E-state index in [2.05, 4.69) is 11.7 Å². The van der Waals surface area contributed by atoms with Crippen LogP contribution in [-0.2, 0) is 19.1 Å². The van der Waals surface area contributed by atoms with E-state index in [0.717, 1.165) is 19.3 Å². The molecule has 1 fully saturated rings. The minimum Gasteiger partial charge on any atom is -0.469 e. The fourth-order valence-corrected chi connectivity index (χ4v) is 3.57. The number of nitrogens with two attached hydrogens (primary N) is 1. The van der Waals surface area contributed by atoms with Crippen molar-refractivity contribution in [2.75, 3.05) is 7.11 Å². The van der Waals surface area contributed by atoms with Crippen LogP contribution in [0.4, 0.5) is 0 Å². The zero-order valence-corrected chi connectivity index (χ0v) is 15.2. The first-order valence-electron chi connectivity index (χ1n) is 9.00. The molecule has 0 radical (unpaired) electrons. The van der Waals surface area contributed by atoms with Crippen LogP contribution in [0.2, 0.25) is 0 Å². The molecule has 0 unspecified atom stereocenters. The van der Waals surface area contributed by atoms with E-state index in [1.807, 2.05) is 6.92 Å². The van der Waals surface area contributed by atoms with Gasteiger partial charge in [0.15, 0.2) is 5.78 Å². The Hall–Kier alpha value is -1.65. The maximum absolute atomic E-state index is 12.3. The van der Waals surface area contributed by atoms with Gasteiger partial charge in [0, 0.05) is 42.9 Å². The summed E-state index contributed by atoms with van der Waals surface area (Å²) in [5.74, 6) is -0.178. The molecule has 0 aromatic rings. The largest absolute Gasteiger partial charge is 0.469 e. The Morgan fingerprint density at radius 1 is 1.25 bits per heavy atom. The summed E-state index contributed by atoms with van der Waals surface area (Å²) in [5.41, 5.74) is 6.71. The molecule has 0 amide bonds. The number of rotatable bonds is 10. The number of allylic oxidation sites excluding steroid dienone is 2. The number of methoxy groups -OCH3 is 1. The SMILES string of the molecule is CCCCCC(=O)/C=C(\N)[C@H]1[C@H](C)CC(=O)[C@@H]1CCCC(=O)OC. The molecule has 136 valence electrons. The molecule has 0 aromatic carbocycles. The lowest BCUT2D eigenvalue weighted by Gasteiger charge is -2.22. The summed E-state index contributed by atoms with van der Waals surface area (Å²) in [4.78, 5) is 35.5. The van der Waals surface area contributed by atoms with Gasteiger partial charge in [-0.3, -0.25) is 14.4 Å². The third-order valence-corrected chi connectivity index (χ3v) is 4.85. The van der Waals surface area contributed by atoms with Gasteiger partial charge < -0.3 is 10.5 Å². The Kier molecular flexibility index (Phi) is 8.72. The van der Waals surface area contributed by atoms with Gasteiger partial charge in [-0.1, -0.05) is 26.7 Å². The standard InChI is InChI=1S/C19H31NO4/c1-4-5-6-8-14(21)12-16(20)19-13(2)11-17(22)15(19)9-7-10-18(23)24-3/h12-13,15,19H,4-11,20H2,1-3H3/b16-12-/t13-,15+,19+/m1/s1. The van der Waals surface area contributed by atoms with Crippen LogP contribution in [0.1, 0.15) is 65.2 Å². The quantitative estimate of drug-likeness (QED) is 0.376. The van der Waals surface area contributed by atoms with E-state index >= 15 is 0 Å². The van der Waals surface area contributed by atoms with Crippen LogP contribution < -0.4 is 5.73 Å². The Morgan fingerprint density at radius 2 is 1.96 bits per heavy atom. The van der Waals surface area contributed by atoms with Crippen molar-refractivity contribution in [2.45, 2.75) is 65.2 Å². The number of ether oxygens (including phenoxy) is 1. The van der Waals surface area contributed by atoms with Crippen molar-refractivity contribution in [3.05, 3.63) is 11.8 Å². The lowest BCUT2D eigenvalue weighted by atomic mass is 9.84. The van der Waals surface area contributed by atoms with Gasteiger partial charge in [0.2, 0.25) is 0 Å². The monoisotopic (exact) mass is 337 g/mol. The van der Waals surface area contributed by atoms with Crippen molar-refractivity contribution in [1.82, 2.24) is 0 Å². The van der Waals surface area contributed by atoms with E-state index in [1.165, 1.54) is 13.2 Å². The molecule has 0 aromatic heterocycles. The van der Waals surface area contributed by atoms with E-state index in [-0.39, 0.29) is 35.3 Å². The van der Waals surface area contributed by atoms with Gasteiger partial charge in [0.1, 0.15) is 5.78 Å². The number of Topliss-reactive ketones (excluding diaryl/α,β-unsaturated/α-hetero) is 1. The van der Waals surface area contributed by atoms with Gasteiger partial charge in [0.25, 0.3) is 0 Å². The normalized spacial score (nSPS) is 24.2. The molecular formula is C19H31NO4. The zero-order chi connectivity index (χ0) is 18.1. The zero-order valence-electron chi connectivity index (χ0n) is 15.2. The number of esters is 1. The summed E-state index contributed by atoms with van der Waals surface area (Å²) in [6.45, 7) is 4.10. The molecule has 5 nitrogen and oxygen atoms in total. The average Bonchev–Trinajstić information content (AvgIpc) is 2.81. The highest BCUT2D eigenvalue weighted by atomic mass is 16.5. The first-order chi connectivity index (χ1) is 11.4. The predicted octanol–water partition coefficient (Wildman–Crippen LogP) is 3.16. The highest BCUT2D eigenvalue weighted by Crippen LogP contribution is 2.40. The first-order valence-corrected chi connectivity index (χ1v) is 9.00. The molecular weight excluding hydrogens is 306 g/mol.